The minimum absolute atomic E-state index is 0.198. The Balaban J connectivity index is 2.52. The van der Waals surface area contributed by atoms with Gasteiger partial charge < -0.3 is 15.4 Å². The highest BCUT2D eigenvalue weighted by molar-refractivity contribution is 5.67. The van der Waals surface area contributed by atoms with Crippen molar-refractivity contribution in [1.29, 1.82) is 0 Å². The minimum atomic E-state index is -0.468. The lowest BCUT2D eigenvalue weighted by Gasteiger charge is -2.25. The molecule has 0 aliphatic rings. The van der Waals surface area contributed by atoms with Gasteiger partial charge in [-0.25, -0.2) is 4.79 Å². The van der Waals surface area contributed by atoms with Crippen LogP contribution >= 0.6 is 0 Å². The summed E-state index contributed by atoms with van der Waals surface area (Å²) in [6, 6.07) is 6.70. The normalized spacial score (nSPS) is 13.0. The molecule has 4 heteroatoms. The first-order valence-electron chi connectivity index (χ1n) is 8.35. The van der Waals surface area contributed by atoms with E-state index in [0.717, 1.165) is 6.54 Å². The summed E-state index contributed by atoms with van der Waals surface area (Å²) in [7, 11) is 0. The molecule has 4 nitrogen and oxygen atoms in total. The molecule has 1 atom stereocenters. The van der Waals surface area contributed by atoms with Gasteiger partial charge in [0.15, 0.2) is 0 Å². The Hall–Kier alpha value is -1.55. The molecule has 0 bridgehead atoms. The average molecular weight is 320 g/mol. The predicted octanol–water partition coefficient (Wildman–Crippen LogP) is 3.94. The Morgan fingerprint density at radius 3 is 2.35 bits per heavy atom. The highest BCUT2D eigenvalue weighted by atomic mass is 16.6. The number of amides is 1. The summed E-state index contributed by atoms with van der Waals surface area (Å²) in [5.41, 5.74) is 3.40. The SMILES string of the molecule is Cc1ccc(CNC(CNC(=O)OC(C)(C)C)C(C)C)cc1C. The van der Waals surface area contributed by atoms with Crippen molar-refractivity contribution in [2.24, 2.45) is 5.92 Å². The Labute approximate surface area is 141 Å². The van der Waals surface area contributed by atoms with E-state index in [2.05, 4.69) is 56.5 Å². The molecule has 0 fully saturated rings. The highest BCUT2D eigenvalue weighted by Crippen LogP contribution is 2.11. The van der Waals surface area contributed by atoms with Gasteiger partial charge in [-0.15, -0.1) is 0 Å². The third-order valence-electron chi connectivity index (χ3n) is 3.81. The number of rotatable bonds is 6. The highest BCUT2D eigenvalue weighted by Gasteiger charge is 2.18. The molecule has 0 aliphatic heterocycles. The third-order valence-corrected chi connectivity index (χ3v) is 3.81. The Morgan fingerprint density at radius 2 is 1.83 bits per heavy atom. The standard InChI is InChI=1S/C19H32N2O2/c1-13(2)17(12-21-18(22)23-19(5,6)7)20-11-16-9-8-14(3)15(4)10-16/h8-10,13,17,20H,11-12H2,1-7H3,(H,21,22). The summed E-state index contributed by atoms with van der Waals surface area (Å²) in [5.74, 6) is 0.413. The molecule has 0 aliphatic carbocycles. The van der Waals surface area contributed by atoms with Gasteiger partial charge in [0.25, 0.3) is 0 Å². The summed E-state index contributed by atoms with van der Waals surface area (Å²) in [6.07, 6.45) is -0.365. The predicted molar refractivity (Wildman–Crippen MR) is 95.6 cm³/mol. The van der Waals surface area contributed by atoms with Gasteiger partial charge in [0.2, 0.25) is 0 Å². The van der Waals surface area contributed by atoms with Crippen molar-refractivity contribution in [3.05, 3.63) is 34.9 Å². The van der Waals surface area contributed by atoms with E-state index in [9.17, 15) is 4.79 Å². The second kappa shape index (κ2) is 8.34. The van der Waals surface area contributed by atoms with Gasteiger partial charge in [-0.3, -0.25) is 0 Å². The number of alkyl carbamates (subject to hydrolysis) is 1. The molecule has 1 aromatic rings. The maximum Gasteiger partial charge on any atom is 0.407 e. The van der Waals surface area contributed by atoms with Crippen molar-refractivity contribution in [3.63, 3.8) is 0 Å². The maximum absolute atomic E-state index is 11.8. The monoisotopic (exact) mass is 320 g/mol. The summed E-state index contributed by atoms with van der Waals surface area (Å²) < 4.78 is 5.28. The third kappa shape index (κ3) is 7.51. The number of carbonyl (C=O) groups excluding carboxylic acids is 1. The van der Waals surface area contributed by atoms with Crippen LogP contribution in [0.4, 0.5) is 4.79 Å². The van der Waals surface area contributed by atoms with E-state index in [-0.39, 0.29) is 12.1 Å². The molecule has 1 aromatic carbocycles. The molecule has 1 rings (SSSR count). The van der Waals surface area contributed by atoms with Crippen molar-refractivity contribution >= 4 is 6.09 Å². The molecular weight excluding hydrogens is 288 g/mol. The summed E-state index contributed by atoms with van der Waals surface area (Å²) in [5, 5.41) is 6.38. The number of carbonyl (C=O) groups is 1. The van der Waals surface area contributed by atoms with Crippen molar-refractivity contribution in [2.45, 2.75) is 66.7 Å². The van der Waals surface area contributed by atoms with E-state index in [0.29, 0.717) is 12.5 Å². The van der Waals surface area contributed by atoms with Gasteiger partial charge in [0, 0.05) is 19.1 Å². The van der Waals surface area contributed by atoms with Gasteiger partial charge in [-0.05, 0) is 57.2 Å². The molecule has 0 aromatic heterocycles. The number of nitrogens with one attached hydrogen (secondary N) is 2. The molecule has 23 heavy (non-hydrogen) atoms. The Morgan fingerprint density at radius 1 is 1.17 bits per heavy atom. The zero-order chi connectivity index (χ0) is 17.6. The fourth-order valence-electron chi connectivity index (χ4n) is 2.21. The molecule has 1 unspecified atom stereocenters. The largest absolute Gasteiger partial charge is 0.444 e. The lowest BCUT2D eigenvalue weighted by molar-refractivity contribution is 0.0519. The molecular formula is C19H32N2O2. The number of benzene rings is 1. The van der Waals surface area contributed by atoms with Crippen LogP contribution in [0.25, 0.3) is 0 Å². The molecule has 0 saturated carbocycles. The quantitative estimate of drug-likeness (QED) is 0.834. The van der Waals surface area contributed by atoms with Crippen LogP contribution in [0.3, 0.4) is 0 Å². The number of hydrogen-bond acceptors (Lipinski definition) is 3. The number of hydrogen-bond donors (Lipinski definition) is 2. The van der Waals surface area contributed by atoms with E-state index < -0.39 is 5.60 Å². The van der Waals surface area contributed by atoms with Crippen LogP contribution in [0, 0.1) is 19.8 Å². The van der Waals surface area contributed by atoms with Crippen LogP contribution in [0.1, 0.15) is 51.3 Å². The summed E-state index contributed by atoms with van der Waals surface area (Å²) in [6.45, 7) is 15.5. The lowest BCUT2D eigenvalue weighted by atomic mass is 10.0. The van der Waals surface area contributed by atoms with Crippen LogP contribution in [0.15, 0.2) is 18.2 Å². The second-order valence-corrected chi connectivity index (χ2v) is 7.53. The lowest BCUT2D eigenvalue weighted by Crippen LogP contribution is -2.45. The fourth-order valence-corrected chi connectivity index (χ4v) is 2.21. The average Bonchev–Trinajstić information content (AvgIpc) is 2.40. The first-order valence-corrected chi connectivity index (χ1v) is 8.35. The van der Waals surface area contributed by atoms with Crippen molar-refractivity contribution in [1.82, 2.24) is 10.6 Å². The van der Waals surface area contributed by atoms with Gasteiger partial charge >= 0.3 is 6.09 Å². The zero-order valence-corrected chi connectivity index (χ0v) is 15.6. The van der Waals surface area contributed by atoms with E-state index in [4.69, 9.17) is 4.74 Å². The summed E-state index contributed by atoms with van der Waals surface area (Å²) >= 11 is 0. The van der Waals surface area contributed by atoms with E-state index in [1.54, 1.807) is 0 Å². The molecule has 0 spiro atoms. The van der Waals surface area contributed by atoms with Gasteiger partial charge in [0.1, 0.15) is 5.60 Å². The van der Waals surface area contributed by atoms with Crippen LogP contribution in [0.5, 0.6) is 0 Å². The van der Waals surface area contributed by atoms with Crippen LogP contribution in [-0.2, 0) is 11.3 Å². The molecule has 1 amide bonds. The van der Waals surface area contributed by atoms with Crippen molar-refractivity contribution in [2.75, 3.05) is 6.54 Å². The van der Waals surface area contributed by atoms with Gasteiger partial charge in [-0.2, -0.15) is 0 Å². The maximum atomic E-state index is 11.8. The Kier molecular flexibility index (Phi) is 7.07. The molecule has 0 heterocycles. The van der Waals surface area contributed by atoms with Crippen molar-refractivity contribution in [3.8, 4) is 0 Å². The second-order valence-electron chi connectivity index (χ2n) is 7.53. The van der Waals surface area contributed by atoms with Crippen LogP contribution in [-0.4, -0.2) is 24.3 Å². The first kappa shape index (κ1) is 19.5. The molecule has 0 saturated heterocycles. The minimum Gasteiger partial charge on any atom is -0.444 e. The topological polar surface area (TPSA) is 50.4 Å². The number of aryl methyl sites for hydroxylation is 2. The zero-order valence-electron chi connectivity index (χ0n) is 15.6. The van der Waals surface area contributed by atoms with Crippen LogP contribution in [0.2, 0.25) is 0 Å². The van der Waals surface area contributed by atoms with Crippen molar-refractivity contribution < 1.29 is 9.53 Å². The molecule has 0 radical (unpaired) electrons. The van der Waals surface area contributed by atoms with Gasteiger partial charge in [0.05, 0.1) is 0 Å². The van der Waals surface area contributed by atoms with E-state index >= 15 is 0 Å². The van der Waals surface area contributed by atoms with E-state index in [1.165, 1.54) is 16.7 Å². The molecule has 2 N–H and O–H groups in total. The smallest absolute Gasteiger partial charge is 0.407 e. The molecule has 130 valence electrons. The first-order chi connectivity index (χ1) is 10.6. The summed E-state index contributed by atoms with van der Waals surface area (Å²) in [4.78, 5) is 11.8. The van der Waals surface area contributed by atoms with Gasteiger partial charge in [-0.1, -0.05) is 32.0 Å². The fraction of sp³-hybridized carbons (Fsp3) is 0.632. The number of ether oxygens (including phenoxy) is 1. The van der Waals surface area contributed by atoms with Crippen LogP contribution < -0.4 is 10.6 Å². The van der Waals surface area contributed by atoms with E-state index in [1.807, 2.05) is 20.8 Å². The Bertz CT molecular complexity index is 519.